The van der Waals surface area contributed by atoms with Crippen LogP contribution in [0.5, 0.6) is 0 Å². The molecule has 2 rings (SSSR count). The quantitative estimate of drug-likeness (QED) is 0.422. The normalized spacial score (nSPS) is 10.6. The van der Waals surface area contributed by atoms with Gasteiger partial charge in [0.2, 0.25) is 0 Å². The number of nitrogens with one attached hydrogen (secondary N) is 2. The van der Waals surface area contributed by atoms with E-state index < -0.39 is 0 Å². The maximum atomic E-state index is 13.8. The smallest absolute Gasteiger partial charge is 0.191 e. The predicted molar refractivity (Wildman–Crippen MR) is 109 cm³/mol. The van der Waals surface area contributed by atoms with Crippen LogP contribution in [0.4, 0.5) is 4.39 Å². The van der Waals surface area contributed by atoms with Crippen molar-refractivity contribution in [2.45, 2.75) is 26.9 Å². The fourth-order valence-electron chi connectivity index (χ4n) is 2.40. The van der Waals surface area contributed by atoms with Gasteiger partial charge in [-0.2, -0.15) is 5.26 Å². The molecule has 0 saturated carbocycles. The van der Waals surface area contributed by atoms with Crippen LogP contribution < -0.4 is 10.6 Å². The third-order valence-electron chi connectivity index (χ3n) is 3.79. The van der Waals surface area contributed by atoms with Crippen molar-refractivity contribution < 1.29 is 4.39 Å². The fourth-order valence-corrected chi connectivity index (χ4v) is 2.40. The molecular formula is C19H22FIN4. The third kappa shape index (κ3) is 6.02. The molecule has 4 nitrogen and oxygen atoms in total. The first-order valence-corrected chi connectivity index (χ1v) is 7.72. The van der Waals surface area contributed by atoms with Crippen LogP contribution in [-0.2, 0) is 13.1 Å². The first kappa shape index (κ1) is 20.9. The summed E-state index contributed by atoms with van der Waals surface area (Å²) in [6, 6.07) is 12.6. The minimum Gasteiger partial charge on any atom is -0.352 e. The number of benzene rings is 2. The summed E-state index contributed by atoms with van der Waals surface area (Å²) in [5, 5.41) is 15.2. The molecule has 0 bridgehead atoms. The summed E-state index contributed by atoms with van der Waals surface area (Å²) in [5.74, 6) is 0.239. The van der Waals surface area contributed by atoms with E-state index in [2.05, 4.69) is 47.7 Å². The Labute approximate surface area is 165 Å². The second-order valence-electron chi connectivity index (χ2n) is 5.63. The number of rotatable bonds is 4. The summed E-state index contributed by atoms with van der Waals surface area (Å²) in [5.41, 5.74) is 4.49. The van der Waals surface area contributed by atoms with Crippen LogP contribution in [0.2, 0.25) is 0 Å². The van der Waals surface area contributed by atoms with E-state index in [9.17, 15) is 4.39 Å². The molecule has 6 heteroatoms. The molecule has 0 saturated heterocycles. The van der Waals surface area contributed by atoms with Crippen LogP contribution in [0.25, 0.3) is 0 Å². The van der Waals surface area contributed by atoms with Gasteiger partial charge in [0.05, 0.1) is 11.6 Å². The Morgan fingerprint density at radius 3 is 2.36 bits per heavy atom. The lowest BCUT2D eigenvalue weighted by Crippen LogP contribution is -2.36. The van der Waals surface area contributed by atoms with Crippen molar-refractivity contribution in [2.75, 3.05) is 7.05 Å². The fraction of sp³-hybridized carbons (Fsp3) is 0.263. The zero-order chi connectivity index (χ0) is 17.5. The molecule has 0 spiro atoms. The molecule has 0 amide bonds. The number of guanidine groups is 1. The number of nitriles is 1. The molecule has 0 aliphatic heterocycles. The van der Waals surface area contributed by atoms with Crippen molar-refractivity contribution >= 4 is 29.9 Å². The van der Waals surface area contributed by atoms with Crippen LogP contribution in [0.1, 0.15) is 27.8 Å². The zero-order valence-electron chi connectivity index (χ0n) is 14.6. The molecule has 2 aromatic carbocycles. The van der Waals surface area contributed by atoms with Crippen molar-refractivity contribution in [3.63, 3.8) is 0 Å². The number of aliphatic imine (C=N–C) groups is 1. The Bertz CT molecular complexity index is 796. The lowest BCUT2D eigenvalue weighted by Gasteiger charge is -2.14. The first-order chi connectivity index (χ1) is 11.5. The summed E-state index contributed by atoms with van der Waals surface area (Å²) in [7, 11) is 1.67. The largest absolute Gasteiger partial charge is 0.352 e. The molecule has 0 atom stereocenters. The average Bonchev–Trinajstić information content (AvgIpc) is 2.57. The maximum absolute atomic E-state index is 13.8. The summed E-state index contributed by atoms with van der Waals surface area (Å²) >= 11 is 0. The number of hydrogen-bond donors (Lipinski definition) is 2. The Morgan fingerprint density at radius 1 is 1.08 bits per heavy atom. The molecule has 0 aromatic heterocycles. The summed E-state index contributed by atoms with van der Waals surface area (Å²) in [6.45, 7) is 5.03. The highest BCUT2D eigenvalue weighted by Crippen LogP contribution is 2.11. The van der Waals surface area contributed by atoms with Crippen LogP contribution in [0.15, 0.2) is 41.4 Å². The number of nitrogens with zero attached hydrogens (tertiary/aromatic N) is 2. The third-order valence-corrected chi connectivity index (χ3v) is 3.79. The lowest BCUT2D eigenvalue weighted by molar-refractivity contribution is 0.604. The summed E-state index contributed by atoms with van der Waals surface area (Å²) in [6.07, 6.45) is 0. The molecule has 0 fully saturated rings. The molecule has 0 aliphatic carbocycles. The van der Waals surface area contributed by atoms with Crippen molar-refractivity contribution in [1.82, 2.24) is 10.6 Å². The predicted octanol–water partition coefficient (Wildman–Crippen LogP) is 3.80. The molecule has 2 N–H and O–H groups in total. The van der Waals surface area contributed by atoms with Gasteiger partial charge in [0.25, 0.3) is 0 Å². The second kappa shape index (κ2) is 9.99. The van der Waals surface area contributed by atoms with E-state index in [-0.39, 0.29) is 36.3 Å². The number of aryl methyl sites for hydroxylation is 2. The van der Waals surface area contributed by atoms with Crippen molar-refractivity contribution in [3.05, 3.63) is 70.0 Å². The van der Waals surface area contributed by atoms with Gasteiger partial charge in [-0.3, -0.25) is 4.99 Å². The van der Waals surface area contributed by atoms with Crippen LogP contribution >= 0.6 is 24.0 Å². The minimum absolute atomic E-state index is 0. The van der Waals surface area contributed by atoms with Gasteiger partial charge in [0.1, 0.15) is 5.82 Å². The van der Waals surface area contributed by atoms with Gasteiger partial charge in [-0.15, -0.1) is 24.0 Å². The Hall–Kier alpha value is -2.14. The molecule has 0 unspecified atom stereocenters. The Balaban J connectivity index is 0.00000312. The van der Waals surface area contributed by atoms with E-state index in [0.717, 1.165) is 0 Å². The molecule has 2 aromatic rings. The zero-order valence-corrected chi connectivity index (χ0v) is 16.9. The van der Waals surface area contributed by atoms with Gasteiger partial charge in [-0.1, -0.05) is 23.8 Å². The van der Waals surface area contributed by atoms with E-state index in [1.165, 1.54) is 28.8 Å². The average molecular weight is 452 g/mol. The summed E-state index contributed by atoms with van der Waals surface area (Å²) in [4.78, 5) is 4.14. The highest BCUT2D eigenvalue weighted by molar-refractivity contribution is 14.0. The monoisotopic (exact) mass is 452 g/mol. The van der Waals surface area contributed by atoms with E-state index in [4.69, 9.17) is 5.26 Å². The van der Waals surface area contributed by atoms with Gasteiger partial charge in [-0.25, -0.2) is 4.39 Å². The van der Waals surface area contributed by atoms with Crippen molar-refractivity contribution in [2.24, 2.45) is 4.99 Å². The van der Waals surface area contributed by atoms with Crippen LogP contribution in [0.3, 0.4) is 0 Å². The standard InChI is InChI=1S/C19H21FN4.HI/c1-13-4-6-16(14(2)8-13)11-23-19(22-3)24-12-17-9-15(10-21)5-7-18(17)20;/h4-9H,11-12H2,1-3H3,(H2,22,23,24);1H. The molecule has 132 valence electrons. The van der Waals surface area contributed by atoms with Gasteiger partial charge in [0.15, 0.2) is 5.96 Å². The summed E-state index contributed by atoms with van der Waals surface area (Å²) < 4.78 is 13.8. The van der Waals surface area contributed by atoms with Crippen LogP contribution in [-0.4, -0.2) is 13.0 Å². The highest BCUT2D eigenvalue weighted by Gasteiger charge is 2.06. The lowest BCUT2D eigenvalue weighted by atomic mass is 10.1. The second-order valence-corrected chi connectivity index (χ2v) is 5.63. The van der Waals surface area contributed by atoms with E-state index in [1.54, 1.807) is 13.1 Å². The van der Waals surface area contributed by atoms with E-state index >= 15 is 0 Å². The number of halogens is 2. The topological polar surface area (TPSA) is 60.2 Å². The molecule has 0 heterocycles. The maximum Gasteiger partial charge on any atom is 0.191 e. The molecule has 25 heavy (non-hydrogen) atoms. The first-order valence-electron chi connectivity index (χ1n) is 7.72. The SMILES string of the molecule is CN=C(NCc1ccc(C)cc1C)NCc1cc(C#N)ccc1F.I. The van der Waals surface area contributed by atoms with E-state index in [1.807, 2.05) is 6.07 Å². The molecule has 0 radical (unpaired) electrons. The molecule has 0 aliphatic rings. The van der Waals surface area contributed by atoms with Crippen LogP contribution in [0, 0.1) is 31.0 Å². The van der Waals surface area contributed by atoms with Crippen molar-refractivity contribution in [3.8, 4) is 6.07 Å². The van der Waals surface area contributed by atoms with E-state index in [0.29, 0.717) is 23.6 Å². The number of hydrogen-bond acceptors (Lipinski definition) is 2. The van der Waals surface area contributed by atoms with Gasteiger partial charge >= 0.3 is 0 Å². The highest BCUT2D eigenvalue weighted by atomic mass is 127. The Kier molecular flexibility index (Phi) is 8.35. The van der Waals surface area contributed by atoms with Gasteiger partial charge in [-0.05, 0) is 43.2 Å². The minimum atomic E-state index is -0.341. The molecular weight excluding hydrogens is 430 g/mol. The Morgan fingerprint density at radius 2 is 1.76 bits per heavy atom. The van der Waals surface area contributed by atoms with Gasteiger partial charge in [0, 0.05) is 25.7 Å². The van der Waals surface area contributed by atoms with Gasteiger partial charge < -0.3 is 10.6 Å². The van der Waals surface area contributed by atoms with Crippen molar-refractivity contribution in [1.29, 1.82) is 5.26 Å².